The molecule has 1 fully saturated rings. The molecule has 0 radical (unpaired) electrons. The van der Waals surface area contributed by atoms with Gasteiger partial charge in [0.15, 0.2) is 5.13 Å². The Balaban J connectivity index is 2.00. The van der Waals surface area contributed by atoms with E-state index in [9.17, 15) is 9.00 Å². The summed E-state index contributed by atoms with van der Waals surface area (Å²) in [5.41, 5.74) is 5.80. The van der Waals surface area contributed by atoms with Gasteiger partial charge in [0, 0.05) is 49.0 Å². The van der Waals surface area contributed by atoms with Crippen molar-refractivity contribution in [2.24, 2.45) is 0 Å². The number of rotatable bonds is 5. The van der Waals surface area contributed by atoms with Gasteiger partial charge in [0.05, 0.1) is 6.61 Å². The van der Waals surface area contributed by atoms with Gasteiger partial charge in [-0.25, -0.2) is 4.98 Å². The lowest BCUT2D eigenvalue weighted by Crippen LogP contribution is -2.41. The van der Waals surface area contributed by atoms with E-state index in [0.717, 1.165) is 0 Å². The summed E-state index contributed by atoms with van der Waals surface area (Å²) in [6.07, 6.45) is 0. The fourth-order valence-corrected chi connectivity index (χ4v) is 3.74. The molecule has 1 aromatic rings. The largest absolute Gasteiger partial charge is 0.383 e. The summed E-state index contributed by atoms with van der Waals surface area (Å²) < 4.78 is 16.2. The zero-order valence-corrected chi connectivity index (χ0v) is 12.9. The molecule has 0 saturated carbocycles. The molecule has 1 aliphatic rings. The number of hydrogen-bond donors (Lipinski definition) is 2. The van der Waals surface area contributed by atoms with Crippen LogP contribution in [-0.2, 0) is 15.5 Å². The Morgan fingerprint density at radius 1 is 1.55 bits per heavy atom. The number of nitrogens with two attached hydrogens (primary N) is 1. The van der Waals surface area contributed by atoms with Crippen molar-refractivity contribution >= 4 is 39.0 Å². The lowest BCUT2D eigenvalue weighted by Gasteiger charge is -2.25. The predicted molar refractivity (Wildman–Crippen MR) is 80.7 cm³/mol. The minimum absolute atomic E-state index is 0.128. The maximum atomic E-state index is 12.3. The third kappa shape index (κ3) is 3.68. The molecular formula is C11H18N4O3S2. The van der Waals surface area contributed by atoms with Gasteiger partial charge < -0.3 is 20.7 Å². The molecule has 0 spiro atoms. The van der Waals surface area contributed by atoms with E-state index in [1.807, 2.05) is 0 Å². The number of anilines is 2. The van der Waals surface area contributed by atoms with E-state index in [-0.39, 0.29) is 11.7 Å². The van der Waals surface area contributed by atoms with E-state index in [0.29, 0.717) is 47.8 Å². The Morgan fingerprint density at radius 2 is 2.25 bits per heavy atom. The second-order valence-electron chi connectivity index (χ2n) is 4.29. The van der Waals surface area contributed by atoms with Gasteiger partial charge in [0.25, 0.3) is 5.91 Å². The molecule has 1 saturated heterocycles. The Hall–Kier alpha value is -1.19. The molecule has 112 valence electrons. The third-order valence-corrected chi connectivity index (χ3v) is 5.19. The highest BCUT2D eigenvalue weighted by Crippen LogP contribution is 2.26. The van der Waals surface area contributed by atoms with Gasteiger partial charge >= 0.3 is 0 Å². The molecule has 2 heterocycles. The highest BCUT2D eigenvalue weighted by molar-refractivity contribution is 7.85. The molecule has 9 heteroatoms. The molecule has 1 amide bonds. The van der Waals surface area contributed by atoms with Crippen LogP contribution in [0.3, 0.4) is 0 Å². The Bertz CT molecular complexity index is 496. The average molecular weight is 318 g/mol. The van der Waals surface area contributed by atoms with E-state index >= 15 is 0 Å². The van der Waals surface area contributed by atoms with Crippen molar-refractivity contribution in [2.75, 3.05) is 55.9 Å². The molecule has 0 bridgehead atoms. The van der Waals surface area contributed by atoms with Crippen LogP contribution in [0.2, 0.25) is 0 Å². The maximum Gasteiger partial charge on any atom is 0.267 e. The Labute approximate surface area is 124 Å². The molecule has 1 aromatic heterocycles. The van der Waals surface area contributed by atoms with Crippen molar-refractivity contribution in [3.63, 3.8) is 0 Å². The summed E-state index contributed by atoms with van der Waals surface area (Å²) in [6.45, 7) is 2.19. The van der Waals surface area contributed by atoms with Gasteiger partial charge in [-0.3, -0.25) is 9.00 Å². The van der Waals surface area contributed by atoms with E-state index in [1.54, 1.807) is 12.0 Å². The average Bonchev–Trinajstić information content (AvgIpc) is 2.80. The first-order chi connectivity index (χ1) is 9.61. The van der Waals surface area contributed by atoms with Crippen LogP contribution in [0.5, 0.6) is 0 Å². The molecule has 0 aliphatic carbocycles. The number of carbonyl (C=O) groups is 1. The minimum atomic E-state index is -0.803. The topological polar surface area (TPSA) is 97.6 Å². The van der Waals surface area contributed by atoms with Gasteiger partial charge in [0.2, 0.25) is 0 Å². The number of nitrogen functional groups attached to an aromatic ring is 1. The predicted octanol–water partition coefficient (Wildman–Crippen LogP) is -0.0119. The van der Waals surface area contributed by atoms with Gasteiger partial charge in [-0.2, -0.15) is 0 Å². The molecule has 20 heavy (non-hydrogen) atoms. The third-order valence-electron chi connectivity index (χ3n) is 2.89. The van der Waals surface area contributed by atoms with Crippen molar-refractivity contribution in [1.82, 2.24) is 9.88 Å². The Kier molecular flexibility index (Phi) is 5.32. The second kappa shape index (κ2) is 7.00. The zero-order chi connectivity index (χ0) is 14.5. The number of amides is 1. The molecular weight excluding hydrogens is 300 g/mol. The summed E-state index contributed by atoms with van der Waals surface area (Å²) in [4.78, 5) is 18.6. The normalized spacial score (nSPS) is 16.4. The van der Waals surface area contributed by atoms with Crippen molar-refractivity contribution < 1.29 is 13.7 Å². The van der Waals surface area contributed by atoms with E-state index < -0.39 is 10.8 Å². The van der Waals surface area contributed by atoms with Crippen LogP contribution in [0.25, 0.3) is 0 Å². The molecule has 0 atom stereocenters. The summed E-state index contributed by atoms with van der Waals surface area (Å²) in [6, 6.07) is 0. The molecule has 2 rings (SSSR count). The summed E-state index contributed by atoms with van der Waals surface area (Å²) in [5, 5.41) is 3.67. The molecule has 0 unspecified atom stereocenters. The fourth-order valence-electron chi connectivity index (χ4n) is 1.81. The summed E-state index contributed by atoms with van der Waals surface area (Å²) in [5.74, 6) is 1.18. The molecule has 3 N–H and O–H groups in total. The van der Waals surface area contributed by atoms with Gasteiger partial charge in [0.1, 0.15) is 10.7 Å². The monoisotopic (exact) mass is 318 g/mol. The first-order valence-corrected chi connectivity index (χ1v) is 8.55. The molecule has 1 aliphatic heterocycles. The quantitative estimate of drug-likeness (QED) is 0.741. The summed E-state index contributed by atoms with van der Waals surface area (Å²) >= 11 is 1.24. The number of nitrogens with one attached hydrogen (secondary N) is 1. The standard InChI is InChI=1S/C11H18N4O3S2/c1-18-5-2-13-11-14-9(12)8(19-11)10(16)15-3-6-20(17)7-4-15/h2-7,12H2,1H3,(H,13,14). The lowest BCUT2D eigenvalue weighted by atomic mass is 10.4. The SMILES string of the molecule is COCCNc1nc(N)c(C(=O)N2CCS(=O)CC2)s1. The van der Waals surface area contributed by atoms with Crippen LogP contribution >= 0.6 is 11.3 Å². The maximum absolute atomic E-state index is 12.3. The van der Waals surface area contributed by atoms with Crippen LogP contribution in [0.4, 0.5) is 10.9 Å². The summed E-state index contributed by atoms with van der Waals surface area (Å²) in [7, 11) is 0.815. The van der Waals surface area contributed by atoms with Crippen molar-refractivity contribution in [3.05, 3.63) is 4.88 Å². The number of hydrogen-bond acceptors (Lipinski definition) is 7. The van der Waals surface area contributed by atoms with Crippen LogP contribution < -0.4 is 11.1 Å². The van der Waals surface area contributed by atoms with Crippen molar-refractivity contribution in [1.29, 1.82) is 0 Å². The number of methoxy groups -OCH3 is 1. The van der Waals surface area contributed by atoms with Crippen LogP contribution in [0.15, 0.2) is 0 Å². The number of aromatic nitrogens is 1. The second-order valence-corrected chi connectivity index (χ2v) is 6.99. The van der Waals surface area contributed by atoms with E-state index in [4.69, 9.17) is 10.5 Å². The van der Waals surface area contributed by atoms with Crippen molar-refractivity contribution in [3.8, 4) is 0 Å². The molecule has 0 aromatic carbocycles. The zero-order valence-electron chi connectivity index (χ0n) is 11.3. The van der Waals surface area contributed by atoms with Gasteiger partial charge in [-0.05, 0) is 0 Å². The van der Waals surface area contributed by atoms with Crippen LogP contribution in [0.1, 0.15) is 9.67 Å². The number of thiazole rings is 1. The number of nitrogens with zero attached hydrogens (tertiary/aromatic N) is 2. The van der Waals surface area contributed by atoms with Crippen LogP contribution in [-0.4, -0.2) is 64.9 Å². The van der Waals surface area contributed by atoms with Gasteiger partial charge in [-0.15, -0.1) is 0 Å². The first-order valence-electron chi connectivity index (χ1n) is 6.25. The van der Waals surface area contributed by atoms with Gasteiger partial charge in [-0.1, -0.05) is 11.3 Å². The molecule has 7 nitrogen and oxygen atoms in total. The number of carbonyl (C=O) groups excluding carboxylic acids is 1. The highest BCUT2D eigenvalue weighted by atomic mass is 32.2. The number of ether oxygens (including phenoxy) is 1. The lowest BCUT2D eigenvalue weighted by molar-refractivity contribution is 0.0777. The van der Waals surface area contributed by atoms with Crippen LogP contribution in [0, 0.1) is 0 Å². The Morgan fingerprint density at radius 3 is 2.90 bits per heavy atom. The van der Waals surface area contributed by atoms with E-state index in [2.05, 4.69) is 10.3 Å². The fraction of sp³-hybridized carbons (Fsp3) is 0.636. The minimum Gasteiger partial charge on any atom is -0.383 e. The van der Waals surface area contributed by atoms with E-state index in [1.165, 1.54) is 11.3 Å². The van der Waals surface area contributed by atoms with Crippen molar-refractivity contribution in [2.45, 2.75) is 0 Å². The highest BCUT2D eigenvalue weighted by Gasteiger charge is 2.25. The first kappa shape index (κ1) is 15.2. The smallest absolute Gasteiger partial charge is 0.267 e.